The molecule has 4 heteroatoms. The van der Waals surface area contributed by atoms with E-state index in [0.29, 0.717) is 16.7 Å². The minimum Gasteiger partial charge on any atom is -0.203 e. The van der Waals surface area contributed by atoms with E-state index in [1.807, 2.05) is 30.3 Å². The number of hydrogen-bond donors (Lipinski definition) is 0. The Kier molecular flexibility index (Phi) is 7.55. The lowest BCUT2D eigenvalue weighted by Gasteiger charge is -2.27. The van der Waals surface area contributed by atoms with Gasteiger partial charge < -0.3 is 0 Å². The smallest absolute Gasteiger partial charge is 0.167 e. The zero-order chi connectivity index (χ0) is 24.2. The van der Waals surface area contributed by atoms with Gasteiger partial charge in [0.25, 0.3) is 0 Å². The van der Waals surface area contributed by atoms with E-state index in [2.05, 4.69) is 6.92 Å². The Bertz CT molecular complexity index is 1170. The second-order valence-electron chi connectivity index (χ2n) is 9.35. The predicted molar refractivity (Wildman–Crippen MR) is 131 cm³/mol. The molecular weight excluding hydrogens is 436 g/mol. The average molecular weight is 467 g/mol. The molecule has 0 heterocycles. The van der Waals surface area contributed by atoms with Crippen LogP contribution in [0.15, 0.2) is 54.6 Å². The molecule has 0 nitrogen and oxygen atoms in total. The van der Waals surface area contributed by atoms with Crippen LogP contribution in [-0.4, -0.2) is 0 Å². The molecule has 0 N–H and O–H groups in total. The molecule has 1 saturated carbocycles. The molecule has 0 amide bonds. The van der Waals surface area contributed by atoms with Crippen LogP contribution in [0.4, 0.5) is 17.6 Å². The van der Waals surface area contributed by atoms with Gasteiger partial charge in [-0.3, -0.25) is 0 Å². The quantitative estimate of drug-likeness (QED) is 0.318. The van der Waals surface area contributed by atoms with Crippen molar-refractivity contribution in [3.8, 4) is 11.1 Å². The summed E-state index contributed by atoms with van der Waals surface area (Å²) in [6.07, 6.45) is 8.61. The zero-order valence-electron chi connectivity index (χ0n) is 19.7. The van der Waals surface area contributed by atoms with Crippen LogP contribution in [0.3, 0.4) is 0 Å². The molecule has 0 aromatic heterocycles. The van der Waals surface area contributed by atoms with Crippen LogP contribution in [0, 0.1) is 36.1 Å². The zero-order valence-corrected chi connectivity index (χ0v) is 19.7. The Morgan fingerprint density at radius 1 is 0.765 bits per heavy atom. The molecule has 0 bridgehead atoms. The fraction of sp³-hybridized carbons (Fsp3) is 0.333. The highest BCUT2D eigenvalue weighted by Crippen LogP contribution is 2.38. The Morgan fingerprint density at radius 2 is 1.47 bits per heavy atom. The van der Waals surface area contributed by atoms with Gasteiger partial charge in [-0.2, -0.15) is 0 Å². The van der Waals surface area contributed by atoms with Crippen molar-refractivity contribution in [2.45, 2.75) is 58.3 Å². The molecule has 0 spiro atoms. The summed E-state index contributed by atoms with van der Waals surface area (Å²) in [6.45, 7) is 3.66. The number of allylic oxidation sites excluding steroid dienone is 1. The molecule has 4 rings (SSSR count). The summed E-state index contributed by atoms with van der Waals surface area (Å²) in [5.41, 5.74) is 3.06. The molecule has 0 saturated heterocycles. The van der Waals surface area contributed by atoms with Crippen molar-refractivity contribution < 1.29 is 17.6 Å². The minimum absolute atomic E-state index is 0.0167. The topological polar surface area (TPSA) is 0 Å². The van der Waals surface area contributed by atoms with Gasteiger partial charge in [0.05, 0.1) is 0 Å². The number of rotatable bonds is 6. The van der Waals surface area contributed by atoms with Gasteiger partial charge >= 0.3 is 0 Å². The number of benzene rings is 3. The summed E-state index contributed by atoms with van der Waals surface area (Å²) < 4.78 is 57.9. The molecule has 0 radical (unpaired) electrons. The fourth-order valence-corrected chi connectivity index (χ4v) is 4.89. The lowest BCUT2D eigenvalue weighted by molar-refractivity contribution is 0.364. The molecule has 3 aromatic carbocycles. The van der Waals surface area contributed by atoms with Gasteiger partial charge in [-0.15, -0.1) is 0 Å². The Morgan fingerprint density at radius 3 is 2.15 bits per heavy atom. The van der Waals surface area contributed by atoms with E-state index in [1.165, 1.54) is 5.56 Å². The van der Waals surface area contributed by atoms with Crippen molar-refractivity contribution in [2.75, 3.05) is 0 Å². The van der Waals surface area contributed by atoms with E-state index in [4.69, 9.17) is 0 Å². The maximum atomic E-state index is 14.8. The number of hydrogen-bond acceptors (Lipinski definition) is 0. The molecule has 0 unspecified atom stereocenters. The van der Waals surface area contributed by atoms with Gasteiger partial charge in [0.1, 0.15) is 0 Å². The van der Waals surface area contributed by atoms with Gasteiger partial charge in [0, 0.05) is 11.1 Å². The largest absolute Gasteiger partial charge is 0.203 e. The van der Waals surface area contributed by atoms with Crippen LogP contribution in [0.5, 0.6) is 0 Å². The summed E-state index contributed by atoms with van der Waals surface area (Å²) in [6, 6.07) is 14.1. The van der Waals surface area contributed by atoms with E-state index in [1.54, 1.807) is 37.3 Å². The van der Waals surface area contributed by atoms with E-state index < -0.39 is 23.3 Å². The van der Waals surface area contributed by atoms with Gasteiger partial charge in [-0.05, 0) is 73.1 Å². The lowest BCUT2D eigenvalue weighted by atomic mass is 9.78. The molecule has 3 aromatic rings. The molecule has 1 aliphatic carbocycles. The second-order valence-corrected chi connectivity index (χ2v) is 9.35. The van der Waals surface area contributed by atoms with E-state index in [0.717, 1.165) is 38.5 Å². The third-order valence-corrected chi connectivity index (χ3v) is 6.98. The SMILES string of the molecule is CCCc1ccc(-c2ccc(/C=C/C3CCC(c4ccc(C)c(F)c4F)CC3)c(F)c2F)cc1. The molecular formula is C30H30F4. The summed E-state index contributed by atoms with van der Waals surface area (Å²) in [7, 11) is 0. The fourth-order valence-electron chi connectivity index (χ4n) is 4.89. The maximum Gasteiger partial charge on any atom is 0.167 e. The van der Waals surface area contributed by atoms with Crippen molar-refractivity contribution in [3.05, 3.63) is 100 Å². The van der Waals surface area contributed by atoms with Crippen LogP contribution in [0.1, 0.15) is 67.2 Å². The number of halogens is 4. The van der Waals surface area contributed by atoms with Gasteiger partial charge in [-0.25, -0.2) is 17.6 Å². The molecule has 1 aliphatic rings. The summed E-state index contributed by atoms with van der Waals surface area (Å²) >= 11 is 0. The monoisotopic (exact) mass is 466 g/mol. The predicted octanol–water partition coefficient (Wildman–Crippen LogP) is 9.16. The van der Waals surface area contributed by atoms with Crippen molar-refractivity contribution in [1.29, 1.82) is 0 Å². The van der Waals surface area contributed by atoms with Crippen LogP contribution in [-0.2, 0) is 6.42 Å². The normalized spacial score (nSPS) is 18.5. The number of aryl methyl sites for hydroxylation is 2. The van der Waals surface area contributed by atoms with Crippen LogP contribution >= 0.6 is 0 Å². The van der Waals surface area contributed by atoms with Crippen LogP contribution < -0.4 is 0 Å². The first kappa shape index (κ1) is 24.3. The first-order valence-corrected chi connectivity index (χ1v) is 12.1. The molecule has 0 atom stereocenters. The van der Waals surface area contributed by atoms with E-state index in [9.17, 15) is 17.6 Å². The van der Waals surface area contributed by atoms with Crippen LogP contribution in [0.25, 0.3) is 17.2 Å². The van der Waals surface area contributed by atoms with Crippen molar-refractivity contribution in [3.63, 3.8) is 0 Å². The van der Waals surface area contributed by atoms with Gasteiger partial charge in [0.15, 0.2) is 23.3 Å². The summed E-state index contributed by atoms with van der Waals surface area (Å²) in [5.74, 6) is -3.02. The second kappa shape index (κ2) is 10.6. The molecule has 0 aliphatic heterocycles. The highest BCUT2D eigenvalue weighted by molar-refractivity contribution is 5.67. The lowest BCUT2D eigenvalue weighted by Crippen LogP contribution is -2.13. The summed E-state index contributed by atoms with van der Waals surface area (Å²) in [5, 5.41) is 0. The van der Waals surface area contributed by atoms with Gasteiger partial charge in [0.2, 0.25) is 0 Å². The van der Waals surface area contributed by atoms with E-state index >= 15 is 0 Å². The van der Waals surface area contributed by atoms with Gasteiger partial charge in [-0.1, -0.05) is 74.0 Å². The Hall–Kier alpha value is -2.88. The summed E-state index contributed by atoms with van der Waals surface area (Å²) in [4.78, 5) is 0. The molecule has 1 fully saturated rings. The Balaban J connectivity index is 1.42. The van der Waals surface area contributed by atoms with Crippen LogP contribution in [0.2, 0.25) is 0 Å². The van der Waals surface area contributed by atoms with Crippen molar-refractivity contribution in [1.82, 2.24) is 0 Å². The highest BCUT2D eigenvalue weighted by atomic mass is 19.2. The first-order valence-electron chi connectivity index (χ1n) is 12.1. The third-order valence-electron chi connectivity index (χ3n) is 6.98. The minimum atomic E-state index is -0.850. The van der Waals surface area contributed by atoms with Crippen molar-refractivity contribution >= 4 is 6.08 Å². The molecule has 34 heavy (non-hydrogen) atoms. The standard InChI is InChI=1S/C30H30F4/c1-3-4-20-6-11-23(12-7-20)26-18-16-24(28(32)30(26)34)15-10-21-8-13-22(14-9-21)25-17-5-19(2)27(31)29(25)33/h5-7,10-12,15-18,21-22H,3-4,8-9,13-14H2,1-2H3/b15-10+. The average Bonchev–Trinajstić information content (AvgIpc) is 2.85. The maximum absolute atomic E-state index is 14.8. The highest BCUT2D eigenvalue weighted by Gasteiger charge is 2.25. The van der Waals surface area contributed by atoms with Crippen molar-refractivity contribution in [2.24, 2.45) is 5.92 Å². The third kappa shape index (κ3) is 5.11. The van der Waals surface area contributed by atoms with E-state index in [-0.39, 0.29) is 23.0 Å². The molecule has 178 valence electrons. The first-order chi connectivity index (χ1) is 16.4. The Labute approximate surface area is 199 Å².